The van der Waals surface area contributed by atoms with Crippen molar-refractivity contribution in [1.82, 2.24) is 19.8 Å². The number of carbonyl (C=O) groups excluding carboxylic acids is 1. The molecule has 1 saturated heterocycles. The SMILES string of the molecule is COc1cc(Nc2nc(NC(=O)OCc3cc(C(F)(F)F)ccc3Cl)cc(-c3ccc(C)c(C)c3C)n2)cc(OCCCN2CCN(C)CC2)c1OC. The maximum atomic E-state index is 13.3. The van der Waals surface area contributed by atoms with Crippen molar-refractivity contribution in [2.75, 3.05) is 71.2 Å². The molecule has 1 aliphatic rings. The van der Waals surface area contributed by atoms with Gasteiger partial charge in [-0.05, 0) is 69.1 Å². The van der Waals surface area contributed by atoms with Gasteiger partial charge in [-0.25, -0.2) is 9.78 Å². The lowest BCUT2D eigenvalue weighted by molar-refractivity contribution is -0.137. The third-order valence-corrected chi connectivity index (χ3v) is 9.56. The van der Waals surface area contributed by atoms with E-state index in [2.05, 4.69) is 32.5 Å². The first-order valence-electron chi connectivity index (χ1n) is 17.1. The summed E-state index contributed by atoms with van der Waals surface area (Å²) in [5.41, 5.74) is 4.10. The van der Waals surface area contributed by atoms with Crippen molar-refractivity contribution in [2.45, 2.75) is 40.0 Å². The minimum atomic E-state index is -4.58. The average molecular weight is 757 g/mol. The number of hydrogen-bond acceptors (Lipinski definition) is 10. The van der Waals surface area contributed by atoms with Crippen LogP contribution in [0.25, 0.3) is 11.3 Å². The molecular weight excluding hydrogens is 713 g/mol. The first-order valence-corrected chi connectivity index (χ1v) is 17.5. The number of rotatable bonds is 13. The molecule has 2 N–H and O–H groups in total. The van der Waals surface area contributed by atoms with Crippen LogP contribution in [0.4, 0.5) is 35.4 Å². The lowest BCUT2D eigenvalue weighted by Crippen LogP contribution is -2.44. The quantitative estimate of drug-likeness (QED) is 0.129. The van der Waals surface area contributed by atoms with Gasteiger partial charge in [0.2, 0.25) is 11.7 Å². The highest BCUT2D eigenvalue weighted by Crippen LogP contribution is 2.41. The molecule has 5 rings (SSSR count). The highest BCUT2D eigenvalue weighted by atomic mass is 35.5. The summed E-state index contributed by atoms with van der Waals surface area (Å²) in [7, 11) is 5.19. The number of alkyl halides is 3. The number of amides is 1. The van der Waals surface area contributed by atoms with Crippen LogP contribution in [-0.2, 0) is 17.5 Å². The number of likely N-dealkylation sites (N-methyl/N-ethyl adjacent to an activating group) is 1. The molecule has 1 aromatic heterocycles. The van der Waals surface area contributed by atoms with Gasteiger partial charge in [-0.1, -0.05) is 23.7 Å². The Morgan fingerprint density at radius 1 is 0.925 bits per heavy atom. The molecule has 0 unspecified atom stereocenters. The van der Waals surface area contributed by atoms with Crippen LogP contribution in [0.2, 0.25) is 5.02 Å². The van der Waals surface area contributed by atoms with Gasteiger partial charge in [-0.15, -0.1) is 0 Å². The zero-order valence-electron chi connectivity index (χ0n) is 30.6. The van der Waals surface area contributed by atoms with Crippen molar-refractivity contribution >= 4 is 35.1 Å². The van der Waals surface area contributed by atoms with Gasteiger partial charge in [0.25, 0.3) is 0 Å². The van der Waals surface area contributed by atoms with Crippen LogP contribution in [0.15, 0.2) is 48.5 Å². The smallest absolute Gasteiger partial charge is 0.416 e. The minimum absolute atomic E-state index is 0.000987. The number of anilines is 3. The van der Waals surface area contributed by atoms with Gasteiger partial charge in [0.1, 0.15) is 12.4 Å². The second-order valence-electron chi connectivity index (χ2n) is 12.8. The van der Waals surface area contributed by atoms with Crippen LogP contribution in [0, 0.1) is 20.8 Å². The molecule has 3 aromatic carbocycles. The maximum Gasteiger partial charge on any atom is 0.416 e. The number of benzene rings is 3. The van der Waals surface area contributed by atoms with Crippen LogP contribution in [0.5, 0.6) is 17.2 Å². The van der Waals surface area contributed by atoms with Crippen molar-refractivity contribution < 1.29 is 36.9 Å². The summed E-state index contributed by atoms with van der Waals surface area (Å²) in [4.78, 5) is 27.0. The Morgan fingerprint density at radius 3 is 2.36 bits per heavy atom. The predicted molar refractivity (Wildman–Crippen MR) is 199 cm³/mol. The summed E-state index contributed by atoms with van der Waals surface area (Å²) < 4.78 is 62.6. The van der Waals surface area contributed by atoms with E-state index in [1.54, 1.807) is 25.3 Å². The third-order valence-electron chi connectivity index (χ3n) is 9.20. The number of ether oxygens (including phenoxy) is 4. The second-order valence-corrected chi connectivity index (χ2v) is 13.2. The van der Waals surface area contributed by atoms with E-state index in [0.717, 1.165) is 79.6 Å². The monoisotopic (exact) mass is 756 g/mol. The van der Waals surface area contributed by atoms with E-state index in [0.29, 0.717) is 35.2 Å². The molecule has 1 aliphatic heterocycles. The lowest BCUT2D eigenvalue weighted by atomic mass is 9.97. The Balaban J connectivity index is 1.39. The molecule has 0 spiro atoms. The molecule has 0 bridgehead atoms. The molecule has 11 nitrogen and oxygen atoms in total. The fourth-order valence-electron chi connectivity index (χ4n) is 5.86. The molecule has 284 valence electrons. The summed E-state index contributed by atoms with van der Waals surface area (Å²) in [5.74, 6) is 1.52. The number of aryl methyl sites for hydroxylation is 1. The van der Waals surface area contributed by atoms with Gasteiger partial charge >= 0.3 is 12.3 Å². The van der Waals surface area contributed by atoms with Crippen molar-refractivity contribution in [1.29, 1.82) is 0 Å². The molecule has 4 aromatic rings. The van der Waals surface area contributed by atoms with Crippen LogP contribution < -0.4 is 24.8 Å². The fraction of sp³-hybridized carbons (Fsp3) is 0.395. The van der Waals surface area contributed by atoms with Gasteiger partial charge in [-0.3, -0.25) is 5.32 Å². The lowest BCUT2D eigenvalue weighted by Gasteiger charge is -2.32. The number of aromatic nitrogens is 2. The second kappa shape index (κ2) is 17.4. The molecule has 0 aliphatic carbocycles. The van der Waals surface area contributed by atoms with Gasteiger partial charge in [0.05, 0.1) is 32.1 Å². The Morgan fingerprint density at radius 2 is 1.66 bits per heavy atom. The van der Waals surface area contributed by atoms with Crippen molar-refractivity contribution in [3.63, 3.8) is 0 Å². The summed E-state index contributed by atoms with van der Waals surface area (Å²) >= 11 is 6.10. The van der Waals surface area contributed by atoms with Gasteiger partial charge < -0.3 is 34.1 Å². The molecular formula is C38H44ClF3N6O5. The number of hydrogen-bond donors (Lipinski definition) is 2. The zero-order valence-corrected chi connectivity index (χ0v) is 31.4. The number of carbonyl (C=O) groups is 1. The van der Waals surface area contributed by atoms with E-state index in [9.17, 15) is 18.0 Å². The topological polar surface area (TPSA) is 110 Å². The highest BCUT2D eigenvalue weighted by Gasteiger charge is 2.31. The normalized spacial score (nSPS) is 13.8. The van der Waals surface area contributed by atoms with Crippen molar-refractivity contribution in [3.8, 4) is 28.5 Å². The standard InChI is InChI=1S/C38H44ClF3N6O5/c1-23-8-10-29(25(3)24(23)2)31-21-34(46-37(49)53-22-26-18-27(38(40,41)42)9-11-30(26)39)45-36(44-31)43-28-19-32(50-5)35(51-6)33(20-28)52-17-7-12-48-15-13-47(4)14-16-48/h8-11,18-21H,7,12-17,22H2,1-6H3,(H2,43,44,45,46,49). The van der Waals surface area contributed by atoms with Gasteiger partial charge in [-0.2, -0.15) is 18.2 Å². The molecule has 53 heavy (non-hydrogen) atoms. The van der Waals surface area contributed by atoms with Gasteiger partial charge in [0.15, 0.2) is 11.5 Å². The summed E-state index contributed by atoms with van der Waals surface area (Å²) in [6, 6.07) is 11.8. The average Bonchev–Trinajstić information content (AvgIpc) is 3.12. The predicted octanol–water partition coefficient (Wildman–Crippen LogP) is 8.27. The Kier molecular flexibility index (Phi) is 12.9. The molecule has 15 heteroatoms. The Bertz CT molecular complexity index is 1920. The Labute approximate surface area is 312 Å². The molecule has 0 radical (unpaired) electrons. The van der Waals surface area contributed by atoms with Crippen molar-refractivity contribution in [3.05, 3.63) is 81.4 Å². The minimum Gasteiger partial charge on any atom is -0.493 e. The molecule has 0 saturated carbocycles. The Hall–Kier alpha value is -4.79. The van der Waals surface area contributed by atoms with E-state index in [1.165, 1.54) is 7.11 Å². The fourth-order valence-corrected chi connectivity index (χ4v) is 6.04. The molecule has 2 heterocycles. The zero-order chi connectivity index (χ0) is 38.3. The van der Waals surface area contributed by atoms with Crippen LogP contribution in [-0.4, -0.2) is 86.5 Å². The summed E-state index contributed by atoms with van der Waals surface area (Å²) in [5, 5.41) is 5.81. The number of piperazine rings is 1. The van der Waals surface area contributed by atoms with E-state index in [4.69, 9.17) is 35.5 Å². The maximum absolute atomic E-state index is 13.3. The molecule has 1 fully saturated rings. The summed E-state index contributed by atoms with van der Waals surface area (Å²) in [6.07, 6.45) is -4.72. The number of nitrogens with one attached hydrogen (secondary N) is 2. The largest absolute Gasteiger partial charge is 0.493 e. The molecule has 0 atom stereocenters. The highest BCUT2D eigenvalue weighted by molar-refractivity contribution is 6.31. The van der Waals surface area contributed by atoms with E-state index in [1.807, 2.05) is 32.9 Å². The first kappa shape index (κ1) is 39.4. The third kappa shape index (κ3) is 10.2. The van der Waals surface area contributed by atoms with Crippen LogP contribution >= 0.6 is 11.6 Å². The number of nitrogens with zero attached hydrogens (tertiary/aromatic N) is 4. The van der Waals surface area contributed by atoms with Crippen LogP contribution in [0.1, 0.15) is 34.2 Å². The van der Waals surface area contributed by atoms with E-state index >= 15 is 0 Å². The van der Waals surface area contributed by atoms with Crippen LogP contribution in [0.3, 0.4) is 0 Å². The first-order chi connectivity index (χ1) is 25.2. The molecule has 1 amide bonds. The van der Waals surface area contributed by atoms with Crippen molar-refractivity contribution in [2.24, 2.45) is 0 Å². The number of halogens is 4. The van der Waals surface area contributed by atoms with Gasteiger partial charge in [0, 0.05) is 72.8 Å². The van der Waals surface area contributed by atoms with E-state index < -0.39 is 24.4 Å². The number of methoxy groups -OCH3 is 2. The summed E-state index contributed by atoms with van der Waals surface area (Å²) in [6.45, 7) is 11.0. The van der Waals surface area contributed by atoms with E-state index in [-0.39, 0.29) is 22.4 Å².